The predicted molar refractivity (Wildman–Crippen MR) is 86.7 cm³/mol. The van der Waals surface area contributed by atoms with Crippen LogP contribution in [0.25, 0.3) is 0 Å². The first-order valence-electron chi connectivity index (χ1n) is 8.14. The molecule has 1 aromatic carbocycles. The van der Waals surface area contributed by atoms with Crippen molar-refractivity contribution >= 4 is 17.7 Å². The topological polar surface area (TPSA) is 79.0 Å². The Labute approximate surface area is 140 Å². The van der Waals surface area contributed by atoms with E-state index in [1.165, 1.54) is 0 Å². The van der Waals surface area contributed by atoms with Crippen molar-refractivity contribution in [2.75, 3.05) is 39.4 Å². The quantitative estimate of drug-likeness (QED) is 0.776. The first-order valence-corrected chi connectivity index (χ1v) is 8.14. The number of hydrogen-bond donors (Lipinski definition) is 1. The molecule has 7 nitrogen and oxygen atoms in total. The highest BCUT2D eigenvalue weighted by atomic mass is 16.5. The first kappa shape index (κ1) is 16.6. The van der Waals surface area contributed by atoms with Crippen molar-refractivity contribution in [2.24, 2.45) is 0 Å². The van der Waals surface area contributed by atoms with Crippen molar-refractivity contribution in [3.63, 3.8) is 0 Å². The van der Waals surface area contributed by atoms with Crippen molar-refractivity contribution < 1.29 is 19.1 Å². The van der Waals surface area contributed by atoms with E-state index in [0.717, 1.165) is 24.5 Å². The van der Waals surface area contributed by atoms with Gasteiger partial charge in [-0.3, -0.25) is 24.2 Å². The monoisotopic (exact) mass is 331 g/mol. The van der Waals surface area contributed by atoms with E-state index in [1.54, 1.807) is 31.2 Å². The highest BCUT2D eigenvalue weighted by molar-refractivity contribution is 6.22. The van der Waals surface area contributed by atoms with E-state index in [2.05, 4.69) is 10.2 Å². The molecule has 0 aromatic heterocycles. The molecule has 1 fully saturated rings. The third-order valence-electron chi connectivity index (χ3n) is 4.42. The number of morpholine rings is 1. The number of nitrogens with one attached hydrogen (secondary N) is 1. The second kappa shape index (κ2) is 7.11. The summed E-state index contributed by atoms with van der Waals surface area (Å²) < 4.78 is 5.28. The van der Waals surface area contributed by atoms with Gasteiger partial charge in [0, 0.05) is 26.2 Å². The second-order valence-electron chi connectivity index (χ2n) is 5.95. The molecule has 0 spiro atoms. The third-order valence-corrected chi connectivity index (χ3v) is 4.42. The lowest BCUT2D eigenvalue weighted by molar-refractivity contribution is -0.124. The summed E-state index contributed by atoms with van der Waals surface area (Å²) in [5, 5.41) is 2.81. The van der Waals surface area contributed by atoms with Gasteiger partial charge in [-0.2, -0.15) is 0 Å². The smallest absolute Gasteiger partial charge is 0.262 e. The van der Waals surface area contributed by atoms with Crippen molar-refractivity contribution in [1.82, 2.24) is 15.1 Å². The number of imide groups is 1. The lowest BCUT2D eigenvalue weighted by atomic mass is 10.1. The fraction of sp³-hybridized carbons (Fsp3) is 0.471. The minimum absolute atomic E-state index is 0.322. The summed E-state index contributed by atoms with van der Waals surface area (Å²) in [7, 11) is 0. The Kier molecular flexibility index (Phi) is 4.92. The number of carbonyl (C=O) groups is 3. The van der Waals surface area contributed by atoms with E-state index in [-0.39, 0.29) is 5.91 Å². The van der Waals surface area contributed by atoms with Gasteiger partial charge in [-0.25, -0.2) is 0 Å². The van der Waals surface area contributed by atoms with Crippen LogP contribution in [-0.2, 0) is 9.53 Å². The molecule has 1 N–H and O–H groups in total. The Morgan fingerprint density at radius 2 is 1.75 bits per heavy atom. The number of hydrogen-bond acceptors (Lipinski definition) is 5. The van der Waals surface area contributed by atoms with Crippen molar-refractivity contribution in [2.45, 2.75) is 13.0 Å². The zero-order chi connectivity index (χ0) is 17.1. The van der Waals surface area contributed by atoms with Gasteiger partial charge in [0.25, 0.3) is 11.8 Å². The van der Waals surface area contributed by atoms with Crippen LogP contribution in [0.2, 0.25) is 0 Å². The summed E-state index contributed by atoms with van der Waals surface area (Å²) in [5.74, 6) is -1.14. The average molecular weight is 331 g/mol. The van der Waals surface area contributed by atoms with Gasteiger partial charge in [0.15, 0.2) is 0 Å². The van der Waals surface area contributed by atoms with Crippen molar-refractivity contribution in [3.05, 3.63) is 35.4 Å². The number of nitrogens with zero attached hydrogens (tertiary/aromatic N) is 2. The SMILES string of the molecule is C[C@@H](C(=O)NCCN1CCOCC1)N1C(=O)c2ccccc2C1=O. The van der Waals surface area contributed by atoms with E-state index >= 15 is 0 Å². The van der Waals surface area contributed by atoms with Crippen LogP contribution >= 0.6 is 0 Å². The maximum atomic E-state index is 12.4. The van der Waals surface area contributed by atoms with Gasteiger partial charge in [-0.15, -0.1) is 0 Å². The lowest BCUT2D eigenvalue weighted by Gasteiger charge is -2.27. The predicted octanol–water partition coefficient (Wildman–Crippen LogP) is 0.120. The van der Waals surface area contributed by atoms with E-state index < -0.39 is 17.9 Å². The van der Waals surface area contributed by atoms with Crippen LogP contribution in [0.3, 0.4) is 0 Å². The summed E-state index contributed by atoms with van der Waals surface area (Å²) in [6.45, 7) is 5.90. The molecule has 2 aliphatic heterocycles. The molecule has 0 bridgehead atoms. The first-order chi connectivity index (χ1) is 11.6. The summed E-state index contributed by atoms with van der Waals surface area (Å²) in [6, 6.07) is 5.81. The summed E-state index contributed by atoms with van der Waals surface area (Å²) in [4.78, 5) is 40.3. The Morgan fingerprint density at radius 3 is 2.33 bits per heavy atom. The number of ether oxygens (including phenoxy) is 1. The van der Waals surface area contributed by atoms with E-state index in [9.17, 15) is 14.4 Å². The molecule has 0 saturated carbocycles. The Morgan fingerprint density at radius 1 is 1.17 bits per heavy atom. The maximum absolute atomic E-state index is 12.4. The van der Waals surface area contributed by atoms with Crippen LogP contribution in [0.15, 0.2) is 24.3 Å². The van der Waals surface area contributed by atoms with Gasteiger partial charge >= 0.3 is 0 Å². The zero-order valence-corrected chi connectivity index (χ0v) is 13.7. The molecule has 24 heavy (non-hydrogen) atoms. The number of carbonyl (C=O) groups excluding carboxylic acids is 3. The Balaban J connectivity index is 1.56. The number of amides is 3. The molecule has 1 saturated heterocycles. The molecule has 2 aliphatic rings. The maximum Gasteiger partial charge on any atom is 0.262 e. The zero-order valence-electron chi connectivity index (χ0n) is 13.7. The highest BCUT2D eigenvalue weighted by Gasteiger charge is 2.40. The third kappa shape index (κ3) is 3.18. The second-order valence-corrected chi connectivity index (χ2v) is 5.95. The van der Waals surface area contributed by atoms with Crippen LogP contribution in [0.4, 0.5) is 0 Å². The molecule has 1 atom stereocenters. The number of fused-ring (bicyclic) bond motifs is 1. The van der Waals surface area contributed by atoms with Gasteiger partial charge in [0.2, 0.25) is 5.91 Å². The molecule has 7 heteroatoms. The van der Waals surface area contributed by atoms with Crippen LogP contribution < -0.4 is 5.32 Å². The summed E-state index contributed by atoms with van der Waals surface area (Å²) in [5.41, 5.74) is 0.714. The minimum Gasteiger partial charge on any atom is -0.379 e. The van der Waals surface area contributed by atoms with Gasteiger partial charge in [0.05, 0.1) is 24.3 Å². The molecule has 0 aliphatic carbocycles. The van der Waals surface area contributed by atoms with Crippen molar-refractivity contribution in [3.8, 4) is 0 Å². The Hall–Kier alpha value is -2.25. The Bertz CT molecular complexity index is 620. The normalized spacial score (nSPS) is 19.3. The lowest BCUT2D eigenvalue weighted by Crippen LogP contribution is -2.49. The number of benzene rings is 1. The van der Waals surface area contributed by atoms with Crippen LogP contribution in [0.1, 0.15) is 27.6 Å². The van der Waals surface area contributed by atoms with Crippen molar-refractivity contribution in [1.29, 1.82) is 0 Å². The number of rotatable bonds is 5. The van der Waals surface area contributed by atoms with Gasteiger partial charge in [-0.05, 0) is 19.1 Å². The fourth-order valence-electron chi connectivity index (χ4n) is 2.99. The molecule has 3 amide bonds. The molecule has 0 unspecified atom stereocenters. The summed E-state index contributed by atoms with van der Waals surface area (Å²) in [6.07, 6.45) is 0. The van der Waals surface area contributed by atoms with Crippen LogP contribution in [0, 0.1) is 0 Å². The molecular formula is C17H21N3O4. The molecule has 0 radical (unpaired) electrons. The molecule has 1 aromatic rings. The standard InChI is InChI=1S/C17H21N3O4/c1-12(15(21)18-6-7-19-8-10-24-11-9-19)20-16(22)13-4-2-3-5-14(13)17(20)23/h2-5,12H,6-11H2,1H3,(H,18,21)/t12-/m0/s1. The van der Waals surface area contributed by atoms with E-state index in [1.807, 2.05) is 0 Å². The molecule has 2 heterocycles. The van der Waals surface area contributed by atoms with E-state index in [4.69, 9.17) is 4.74 Å². The van der Waals surface area contributed by atoms with Gasteiger partial charge < -0.3 is 10.1 Å². The molecule has 3 rings (SSSR count). The minimum atomic E-state index is -0.831. The van der Waals surface area contributed by atoms with Crippen LogP contribution in [-0.4, -0.2) is 73.0 Å². The molecule has 128 valence electrons. The molecular weight excluding hydrogens is 310 g/mol. The average Bonchev–Trinajstić information content (AvgIpc) is 2.86. The van der Waals surface area contributed by atoms with Gasteiger partial charge in [0.1, 0.15) is 6.04 Å². The van der Waals surface area contributed by atoms with E-state index in [0.29, 0.717) is 30.9 Å². The van der Waals surface area contributed by atoms with Crippen LogP contribution in [0.5, 0.6) is 0 Å². The highest BCUT2D eigenvalue weighted by Crippen LogP contribution is 2.24. The fourth-order valence-corrected chi connectivity index (χ4v) is 2.99. The largest absolute Gasteiger partial charge is 0.379 e. The summed E-state index contributed by atoms with van der Waals surface area (Å²) >= 11 is 0. The van der Waals surface area contributed by atoms with Gasteiger partial charge in [-0.1, -0.05) is 12.1 Å².